The van der Waals surface area contributed by atoms with Gasteiger partial charge in [0.05, 0.1) is 39.6 Å². The van der Waals surface area contributed by atoms with Gasteiger partial charge in [-0.05, 0) is 0 Å². The molecule has 31 heteroatoms. The highest BCUT2D eigenvalue weighted by Crippen LogP contribution is 2.37. The third-order valence-electron chi connectivity index (χ3n) is 12.4. The molecular formula is C36H62O31. The summed E-state index contributed by atoms with van der Waals surface area (Å²) < 4.78 is 61.4. The summed E-state index contributed by atoms with van der Waals surface area (Å²) in [6, 6.07) is 0. The van der Waals surface area contributed by atoms with Crippen molar-refractivity contribution < 1.29 is 154 Å². The van der Waals surface area contributed by atoms with Gasteiger partial charge < -0.3 is 154 Å². The van der Waals surface area contributed by atoms with Gasteiger partial charge in [-0.2, -0.15) is 0 Å². The van der Waals surface area contributed by atoms with Crippen molar-refractivity contribution in [3.63, 3.8) is 0 Å². The minimum atomic E-state index is -2.24. The predicted molar refractivity (Wildman–Crippen MR) is 199 cm³/mol. The molecule has 6 heterocycles. The lowest BCUT2D eigenvalue weighted by molar-refractivity contribution is -0.406. The summed E-state index contributed by atoms with van der Waals surface area (Å²) in [6.07, 6.45) is -57.9. The Balaban J connectivity index is 1.18. The maximum Gasteiger partial charge on any atom is 0.187 e. The van der Waals surface area contributed by atoms with E-state index in [9.17, 15) is 102 Å². The maximum atomic E-state index is 11.9. The zero-order valence-electron chi connectivity index (χ0n) is 35.0. The summed E-state index contributed by atoms with van der Waals surface area (Å²) in [5.41, 5.74) is 0. The van der Waals surface area contributed by atoms with Gasteiger partial charge >= 0.3 is 0 Å². The molecule has 0 aromatic heterocycles. The highest BCUT2D eigenvalue weighted by molar-refractivity contribution is 5.00. The molecule has 0 bridgehead atoms. The Kier molecular flexibility index (Phi) is 19.4. The van der Waals surface area contributed by atoms with Crippen molar-refractivity contribution in [3.8, 4) is 0 Å². The van der Waals surface area contributed by atoms with Crippen LogP contribution in [0.5, 0.6) is 0 Å². The van der Waals surface area contributed by atoms with E-state index < -0.39 is 224 Å². The van der Waals surface area contributed by atoms with Gasteiger partial charge in [0.15, 0.2) is 37.7 Å². The Morgan fingerprint density at radius 2 is 0.478 bits per heavy atom. The smallest absolute Gasteiger partial charge is 0.187 e. The largest absolute Gasteiger partial charge is 0.394 e. The fourth-order valence-electron chi connectivity index (χ4n) is 8.50. The van der Waals surface area contributed by atoms with Gasteiger partial charge in [-0.3, -0.25) is 0 Å². The summed E-state index contributed by atoms with van der Waals surface area (Å²) in [7, 11) is 0. The summed E-state index contributed by atoms with van der Waals surface area (Å²) >= 11 is 0. The average Bonchev–Trinajstić information content (AvgIpc) is 3.32. The van der Waals surface area contributed by atoms with E-state index >= 15 is 0 Å². The number of ether oxygens (including phenoxy) is 11. The van der Waals surface area contributed by atoms with Gasteiger partial charge in [-0.1, -0.05) is 0 Å². The van der Waals surface area contributed by atoms with E-state index in [-0.39, 0.29) is 0 Å². The van der Waals surface area contributed by atoms with Crippen molar-refractivity contribution >= 4 is 0 Å². The fraction of sp³-hybridized carbons (Fsp3) is 1.00. The van der Waals surface area contributed by atoms with Crippen LogP contribution in [0.25, 0.3) is 0 Å². The molecule has 20 N–H and O–H groups in total. The van der Waals surface area contributed by atoms with Gasteiger partial charge in [-0.15, -0.1) is 0 Å². The number of hydrogen-bond acceptors (Lipinski definition) is 31. The fourth-order valence-corrected chi connectivity index (χ4v) is 8.50. The number of aliphatic hydroxyl groups is 20. The van der Waals surface area contributed by atoms with Crippen molar-refractivity contribution in [1.29, 1.82) is 0 Å². The van der Waals surface area contributed by atoms with Gasteiger partial charge in [-0.25, -0.2) is 0 Å². The first-order valence-corrected chi connectivity index (χ1v) is 21.1. The Morgan fingerprint density at radius 1 is 0.224 bits per heavy atom. The van der Waals surface area contributed by atoms with Crippen LogP contribution in [-0.2, 0) is 52.1 Å². The quantitative estimate of drug-likeness (QED) is 0.0683. The molecule has 0 amide bonds. The molecule has 0 unspecified atom stereocenters. The van der Waals surface area contributed by atoms with Crippen molar-refractivity contribution in [2.45, 2.75) is 184 Å². The third kappa shape index (κ3) is 11.2. The molecule has 392 valence electrons. The zero-order chi connectivity index (χ0) is 49.3. The Labute approximate surface area is 378 Å². The van der Waals surface area contributed by atoms with Crippen LogP contribution in [-0.4, -0.2) is 326 Å². The summed E-state index contributed by atoms with van der Waals surface area (Å²) in [6.45, 7) is -5.83. The molecule has 6 rings (SSSR count). The first kappa shape index (κ1) is 55.1. The second-order valence-corrected chi connectivity index (χ2v) is 16.8. The zero-order valence-corrected chi connectivity index (χ0v) is 35.0. The molecule has 0 aromatic carbocycles. The minimum absolute atomic E-state index is 0.840. The van der Waals surface area contributed by atoms with Crippen LogP contribution in [0.1, 0.15) is 0 Å². The molecule has 0 spiro atoms. The average molecular weight is 991 g/mol. The van der Waals surface area contributed by atoms with Crippen molar-refractivity contribution in [3.05, 3.63) is 0 Å². The standard InChI is InChI=1S/C36H62O31/c37-1-7-13(43)15(45)21(51)32(58-7)63-27-10(4-40)60-34(23(53)18(27)48)64-28-11(5-41)61-35(24(54)19(28)49)65-29-12(6-42)62-36(66-26-9(3-39)57-31(56)20(50)17(26)47)30(25(29)55)67-33-22(52)16(46)14(44)8(2-38)59-33/h7-56H,1-6H2/t7-,8-,9-,10-,11-,12-,13-,14+,15+,16+,17-,18-,19-,20+,21-,22-,23-,24-,25+,26-,27-,28-,29-,30-,31-,32+,33-,34+,35+,36+/m1/s1. The summed E-state index contributed by atoms with van der Waals surface area (Å²) in [5.74, 6) is 0. The van der Waals surface area contributed by atoms with Gasteiger partial charge in [0.1, 0.15) is 146 Å². The van der Waals surface area contributed by atoms with Crippen molar-refractivity contribution in [2.75, 3.05) is 39.6 Å². The van der Waals surface area contributed by atoms with Crippen molar-refractivity contribution in [1.82, 2.24) is 0 Å². The van der Waals surface area contributed by atoms with E-state index in [4.69, 9.17) is 52.1 Å². The second kappa shape index (κ2) is 23.5. The molecule has 6 aliphatic rings. The first-order valence-electron chi connectivity index (χ1n) is 21.1. The van der Waals surface area contributed by atoms with E-state index in [0.717, 1.165) is 0 Å². The molecule has 0 saturated carbocycles. The van der Waals surface area contributed by atoms with E-state index in [2.05, 4.69) is 0 Å². The monoisotopic (exact) mass is 990 g/mol. The lowest BCUT2D eigenvalue weighted by atomic mass is 9.95. The minimum Gasteiger partial charge on any atom is -0.394 e. The molecule has 6 saturated heterocycles. The van der Waals surface area contributed by atoms with E-state index in [1.807, 2.05) is 0 Å². The van der Waals surface area contributed by atoms with Crippen LogP contribution >= 0.6 is 0 Å². The van der Waals surface area contributed by atoms with Crippen LogP contribution < -0.4 is 0 Å². The molecule has 0 aliphatic carbocycles. The van der Waals surface area contributed by atoms with Crippen LogP contribution in [0.3, 0.4) is 0 Å². The van der Waals surface area contributed by atoms with E-state index in [0.29, 0.717) is 0 Å². The SMILES string of the molecule is OC[C@H]1O[C@H](O[C@H]2[C@H](O[C@H]3[C@H](O)[C@H](O)[C@H](O)O[C@@H]3CO)O[C@H](CO)[C@@H](O[C@@H]3O[C@H](CO)[C@@H](O[C@@H]4O[C@H](CO)[C@@H](O[C@@H]5O[C@H](CO)[C@@H](O)[C@H](O)[C@H]5O)[C@H](O)[C@H]4O)[C@H](O)[C@H]3O)[C@@H]2O)[C@H](O)[C@@H](O)[C@H]1O. The first-order chi connectivity index (χ1) is 31.8. The van der Waals surface area contributed by atoms with Crippen LogP contribution in [0, 0.1) is 0 Å². The molecule has 0 radical (unpaired) electrons. The van der Waals surface area contributed by atoms with Gasteiger partial charge in [0.25, 0.3) is 0 Å². The molecule has 31 nitrogen and oxygen atoms in total. The summed E-state index contributed by atoms with van der Waals surface area (Å²) in [4.78, 5) is 0. The molecule has 6 fully saturated rings. The Hall–Kier alpha value is -1.24. The summed E-state index contributed by atoms with van der Waals surface area (Å²) in [5, 5.41) is 210. The van der Waals surface area contributed by atoms with Crippen molar-refractivity contribution in [2.24, 2.45) is 0 Å². The molecule has 0 aromatic rings. The lowest BCUT2D eigenvalue weighted by Crippen LogP contribution is -2.69. The Morgan fingerprint density at radius 3 is 0.836 bits per heavy atom. The maximum absolute atomic E-state index is 11.9. The normalized spacial score (nSPS) is 53.4. The van der Waals surface area contributed by atoms with Crippen LogP contribution in [0.15, 0.2) is 0 Å². The topological polar surface area (TPSA) is 506 Å². The molecule has 67 heavy (non-hydrogen) atoms. The van der Waals surface area contributed by atoms with E-state index in [1.54, 1.807) is 0 Å². The number of rotatable bonds is 16. The predicted octanol–water partition coefficient (Wildman–Crippen LogP) is -14.1. The van der Waals surface area contributed by atoms with Crippen LogP contribution in [0.2, 0.25) is 0 Å². The second-order valence-electron chi connectivity index (χ2n) is 16.8. The molecule has 6 aliphatic heterocycles. The molecule has 30 atom stereocenters. The van der Waals surface area contributed by atoms with Crippen LogP contribution in [0.4, 0.5) is 0 Å². The Bertz CT molecular complexity index is 1500. The highest BCUT2D eigenvalue weighted by Gasteiger charge is 2.58. The third-order valence-corrected chi connectivity index (χ3v) is 12.4. The van der Waals surface area contributed by atoms with Gasteiger partial charge in [0.2, 0.25) is 0 Å². The van der Waals surface area contributed by atoms with Gasteiger partial charge in [0, 0.05) is 0 Å². The van der Waals surface area contributed by atoms with E-state index in [1.165, 1.54) is 0 Å². The highest BCUT2D eigenvalue weighted by atomic mass is 16.8. The number of hydrogen-bond donors (Lipinski definition) is 20. The number of aliphatic hydroxyl groups excluding tert-OH is 20. The molecular weight excluding hydrogens is 928 g/mol. The lowest BCUT2D eigenvalue weighted by Gasteiger charge is -2.50.